The number of nitrogens with one attached hydrogen (secondary N) is 1. The maximum absolute atomic E-state index is 12.2. The molecule has 2 aromatic carbocycles. The summed E-state index contributed by atoms with van der Waals surface area (Å²) in [4.78, 5) is 0.126. The van der Waals surface area contributed by atoms with E-state index in [2.05, 4.69) is 4.72 Å². The summed E-state index contributed by atoms with van der Waals surface area (Å²) in [5, 5.41) is 8.95. The molecule has 5 nitrogen and oxygen atoms in total. The van der Waals surface area contributed by atoms with Crippen molar-refractivity contribution in [2.45, 2.75) is 18.4 Å². The van der Waals surface area contributed by atoms with Gasteiger partial charge in [0, 0.05) is 11.4 Å². The molecular formula is C14H16N2O3S. The SMILES string of the molecule is Cc1cc(N)cc(S(=O)(=O)Nc2ccc(CO)cc2)c1. The molecule has 0 radical (unpaired) electrons. The number of nitrogens with two attached hydrogens (primary N) is 1. The third kappa shape index (κ3) is 3.28. The van der Waals surface area contributed by atoms with E-state index in [-0.39, 0.29) is 11.5 Å². The Morgan fingerprint density at radius 3 is 2.35 bits per heavy atom. The van der Waals surface area contributed by atoms with Gasteiger partial charge >= 0.3 is 0 Å². The number of rotatable bonds is 4. The standard InChI is InChI=1S/C14H16N2O3S/c1-10-6-12(15)8-14(7-10)20(18,19)16-13-4-2-11(9-17)3-5-13/h2-8,16-17H,9,15H2,1H3. The van der Waals surface area contributed by atoms with E-state index in [0.717, 1.165) is 5.56 Å². The lowest BCUT2D eigenvalue weighted by atomic mass is 10.2. The van der Waals surface area contributed by atoms with Crippen LogP contribution in [0.2, 0.25) is 0 Å². The number of nitrogen functional groups attached to an aromatic ring is 1. The smallest absolute Gasteiger partial charge is 0.261 e. The highest BCUT2D eigenvalue weighted by atomic mass is 32.2. The first-order chi connectivity index (χ1) is 9.40. The van der Waals surface area contributed by atoms with Crippen LogP contribution in [0.4, 0.5) is 11.4 Å². The molecule has 0 saturated heterocycles. The highest BCUT2D eigenvalue weighted by Crippen LogP contribution is 2.20. The Kier molecular flexibility index (Phi) is 3.96. The van der Waals surface area contributed by atoms with Crippen LogP contribution in [0.5, 0.6) is 0 Å². The molecule has 0 unspecified atom stereocenters. The summed E-state index contributed by atoms with van der Waals surface area (Å²) < 4.78 is 27.0. The number of aliphatic hydroxyl groups is 1. The summed E-state index contributed by atoms with van der Waals surface area (Å²) in [6, 6.07) is 11.2. The predicted molar refractivity (Wildman–Crippen MR) is 78.8 cm³/mol. The van der Waals surface area contributed by atoms with Gasteiger partial charge in [0.05, 0.1) is 11.5 Å². The maximum Gasteiger partial charge on any atom is 0.261 e. The Morgan fingerprint density at radius 2 is 1.80 bits per heavy atom. The van der Waals surface area contributed by atoms with Gasteiger partial charge in [0.25, 0.3) is 10.0 Å². The third-order valence-electron chi connectivity index (χ3n) is 2.77. The van der Waals surface area contributed by atoms with E-state index in [1.807, 2.05) is 0 Å². The van der Waals surface area contributed by atoms with Crippen LogP contribution in [0.3, 0.4) is 0 Å². The third-order valence-corrected chi connectivity index (χ3v) is 4.13. The number of benzene rings is 2. The number of anilines is 2. The lowest BCUT2D eigenvalue weighted by Crippen LogP contribution is -2.13. The van der Waals surface area contributed by atoms with Gasteiger partial charge in [-0.1, -0.05) is 12.1 Å². The zero-order chi connectivity index (χ0) is 14.8. The minimum Gasteiger partial charge on any atom is -0.399 e. The van der Waals surface area contributed by atoms with E-state index >= 15 is 0 Å². The number of aryl methyl sites for hydroxylation is 1. The molecule has 0 aliphatic carbocycles. The van der Waals surface area contributed by atoms with Crippen LogP contribution >= 0.6 is 0 Å². The normalized spacial score (nSPS) is 11.3. The fourth-order valence-electron chi connectivity index (χ4n) is 1.82. The van der Waals surface area contributed by atoms with Crippen molar-refractivity contribution in [1.82, 2.24) is 0 Å². The van der Waals surface area contributed by atoms with Crippen LogP contribution in [-0.4, -0.2) is 13.5 Å². The zero-order valence-corrected chi connectivity index (χ0v) is 11.8. The average molecular weight is 292 g/mol. The molecule has 0 aliphatic heterocycles. The second-order valence-corrected chi connectivity index (χ2v) is 6.22. The zero-order valence-electron chi connectivity index (χ0n) is 11.0. The topological polar surface area (TPSA) is 92.4 Å². The van der Waals surface area contributed by atoms with Crippen molar-refractivity contribution in [3.05, 3.63) is 53.6 Å². The van der Waals surface area contributed by atoms with Crippen molar-refractivity contribution in [3.63, 3.8) is 0 Å². The van der Waals surface area contributed by atoms with Gasteiger partial charge in [0.2, 0.25) is 0 Å². The van der Waals surface area contributed by atoms with Gasteiger partial charge in [-0.05, 0) is 48.4 Å². The molecule has 0 aliphatic rings. The van der Waals surface area contributed by atoms with E-state index in [1.54, 1.807) is 43.3 Å². The minimum absolute atomic E-state index is 0.0819. The first-order valence-electron chi connectivity index (χ1n) is 6.00. The van der Waals surface area contributed by atoms with Crippen LogP contribution < -0.4 is 10.5 Å². The van der Waals surface area contributed by atoms with Gasteiger partial charge in [-0.2, -0.15) is 0 Å². The molecule has 2 rings (SSSR count). The van der Waals surface area contributed by atoms with Crippen molar-refractivity contribution in [2.75, 3.05) is 10.5 Å². The number of sulfonamides is 1. The summed E-state index contributed by atoms with van der Waals surface area (Å²) in [5.41, 5.74) is 8.00. The van der Waals surface area contributed by atoms with Crippen molar-refractivity contribution in [3.8, 4) is 0 Å². The molecule has 2 aromatic rings. The lowest BCUT2D eigenvalue weighted by molar-refractivity contribution is 0.282. The maximum atomic E-state index is 12.2. The van der Waals surface area contributed by atoms with Crippen LogP contribution in [0.25, 0.3) is 0 Å². The molecule has 0 amide bonds. The van der Waals surface area contributed by atoms with E-state index in [4.69, 9.17) is 10.8 Å². The Bertz CT molecular complexity index is 689. The molecule has 0 bridgehead atoms. The molecule has 0 heterocycles. The van der Waals surface area contributed by atoms with Crippen LogP contribution in [0.1, 0.15) is 11.1 Å². The molecule has 6 heteroatoms. The molecule has 0 aromatic heterocycles. The quantitative estimate of drug-likeness (QED) is 0.750. The molecule has 0 atom stereocenters. The number of aliphatic hydroxyl groups excluding tert-OH is 1. The highest BCUT2D eigenvalue weighted by molar-refractivity contribution is 7.92. The van der Waals surface area contributed by atoms with Gasteiger partial charge in [-0.15, -0.1) is 0 Å². The average Bonchev–Trinajstić information content (AvgIpc) is 2.38. The van der Waals surface area contributed by atoms with Crippen LogP contribution in [0.15, 0.2) is 47.4 Å². The largest absolute Gasteiger partial charge is 0.399 e. The van der Waals surface area contributed by atoms with Gasteiger partial charge in [-0.3, -0.25) is 4.72 Å². The number of hydrogen-bond acceptors (Lipinski definition) is 4. The summed E-state index contributed by atoms with van der Waals surface area (Å²) >= 11 is 0. The second kappa shape index (κ2) is 5.52. The fourth-order valence-corrected chi connectivity index (χ4v) is 3.02. The van der Waals surface area contributed by atoms with Crippen LogP contribution in [0, 0.1) is 6.92 Å². The second-order valence-electron chi connectivity index (χ2n) is 4.54. The molecule has 0 saturated carbocycles. The van der Waals surface area contributed by atoms with E-state index < -0.39 is 10.0 Å². The van der Waals surface area contributed by atoms with E-state index in [1.165, 1.54) is 6.07 Å². The molecule has 0 spiro atoms. The van der Waals surface area contributed by atoms with Gasteiger partial charge in [0.15, 0.2) is 0 Å². The number of hydrogen-bond donors (Lipinski definition) is 3. The van der Waals surface area contributed by atoms with Gasteiger partial charge in [-0.25, -0.2) is 8.42 Å². The van der Waals surface area contributed by atoms with Crippen molar-refractivity contribution < 1.29 is 13.5 Å². The first-order valence-corrected chi connectivity index (χ1v) is 7.49. The molecule has 20 heavy (non-hydrogen) atoms. The highest BCUT2D eigenvalue weighted by Gasteiger charge is 2.15. The Balaban J connectivity index is 2.30. The summed E-state index contributed by atoms with van der Waals surface area (Å²) in [6.45, 7) is 1.70. The summed E-state index contributed by atoms with van der Waals surface area (Å²) in [7, 11) is -3.67. The Hall–Kier alpha value is -2.05. The van der Waals surface area contributed by atoms with Crippen molar-refractivity contribution in [1.29, 1.82) is 0 Å². The van der Waals surface area contributed by atoms with Crippen LogP contribution in [-0.2, 0) is 16.6 Å². The van der Waals surface area contributed by atoms with E-state index in [9.17, 15) is 8.42 Å². The predicted octanol–water partition coefficient (Wildman–Crippen LogP) is 1.87. The fraction of sp³-hybridized carbons (Fsp3) is 0.143. The van der Waals surface area contributed by atoms with E-state index in [0.29, 0.717) is 16.9 Å². The molecule has 0 fully saturated rings. The van der Waals surface area contributed by atoms with Crippen molar-refractivity contribution >= 4 is 21.4 Å². The molecule has 4 N–H and O–H groups in total. The van der Waals surface area contributed by atoms with Crippen molar-refractivity contribution in [2.24, 2.45) is 0 Å². The Labute approximate surface area is 118 Å². The summed E-state index contributed by atoms with van der Waals surface area (Å²) in [6.07, 6.45) is 0. The summed E-state index contributed by atoms with van der Waals surface area (Å²) in [5.74, 6) is 0. The first kappa shape index (κ1) is 14.4. The lowest BCUT2D eigenvalue weighted by Gasteiger charge is -2.10. The molecular weight excluding hydrogens is 276 g/mol. The monoisotopic (exact) mass is 292 g/mol. The minimum atomic E-state index is -3.67. The van der Waals surface area contributed by atoms with Gasteiger partial charge < -0.3 is 10.8 Å². The Morgan fingerprint density at radius 1 is 1.15 bits per heavy atom. The molecule has 106 valence electrons. The van der Waals surface area contributed by atoms with Gasteiger partial charge in [0.1, 0.15) is 0 Å².